The predicted octanol–water partition coefficient (Wildman–Crippen LogP) is 3.49. The average molecular weight is 489 g/mol. The van der Waals surface area contributed by atoms with Crippen LogP contribution in [0.4, 0.5) is 0 Å². The fraction of sp³-hybridized carbons (Fsp3) is 0.400. The SMILES string of the molecule is COc1ccc(CN2CCN(C(=O)/C=C/c3cc(Cl)c4c(c3)OCCO4)CC2)c(OC)c1OC. The molecule has 0 aliphatic carbocycles. The molecule has 0 bridgehead atoms. The maximum atomic E-state index is 12.7. The van der Waals surface area contributed by atoms with Gasteiger partial charge in [-0.15, -0.1) is 0 Å². The van der Waals surface area contributed by atoms with Gasteiger partial charge in [0.15, 0.2) is 23.0 Å². The van der Waals surface area contributed by atoms with Gasteiger partial charge in [-0.2, -0.15) is 0 Å². The standard InChI is InChI=1S/C25H29ClN2O6/c1-30-20-6-5-18(23(31-2)25(20)32-3)16-27-8-10-28(11-9-27)22(29)7-4-17-14-19(26)24-21(15-17)33-12-13-34-24/h4-7,14-15H,8-13,16H2,1-3H3/b7-4+. The van der Waals surface area contributed by atoms with Crippen molar-refractivity contribution in [2.75, 3.05) is 60.7 Å². The smallest absolute Gasteiger partial charge is 0.246 e. The molecule has 2 aromatic rings. The second-order valence-corrected chi connectivity index (χ2v) is 8.36. The quantitative estimate of drug-likeness (QED) is 0.552. The summed E-state index contributed by atoms with van der Waals surface area (Å²) in [5.41, 5.74) is 1.80. The van der Waals surface area contributed by atoms with E-state index in [4.69, 9.17) is 35.3 Å². The highest BCUT2D eigenvalue weighted by Crippen LogP contribution is 2.40. The van der Waals surface area contributed by atoms with E-state index in [0.29, 0.717) is 66.6 Å². The zero-order valence-electron chi connectivity index (χ0n) is 19.6. The van der Waals surface area contributed by atoms with Crippen molar-refractivity contribution in [3.63, 3.8) is 0 Å². The summed E-state index contributed by atoms with van der Waals surface area (Å²) in [7, 11) is 4.82. The number of methoxy groups -OCH3 is 3. The minimum absolute atomic E-state index is 0.0330. The maximum Gasteiger partial charge on any atom is 0.246 e. The number of rotatable bonds is 7. The lowest BCUT2D eigenvalue weighted by Gasteiger charge is -2.34. The van der Waals surface area contributed by atoms with Gasteiger partial charge < -0.3 is 28.6 Å². The van der Waals surface area contributed by atoms with E-state index in [-0.39, 0.29) is 5.91 Å². The molecule has 34 heavy (non-hydrogen) atoms. The molecule has 182 valence electrons. The first kappa shape index (κ1) is 24.0. The number of amides is 1. The molecule has 0 saturated carbocycles. The minimum atomic E-state index is -0.0330. The molecular formula is C25H29ClN2O6. The van der Waals surface area contributed by atoms with Crippen LogP contribution in [0, 0.1) is 0 Å². The van der Waals surface area contributed by atoms with Gasteiger partial charge in [-0.1, -0.05) is 17.7 Å². The van der Waals surface area contributed by atoms with Crippen LogP contribution >= 0.6 is 11.6 Å². The Balaban J connectivity index is 1.35. The number of nitrogens with zero attached hydrogens (tertiary/aromatic N) is 2. The summed E-state index contributed by atoms with van der Waals surface area (Å²) in [4.78, 5) is 16.9. The van der Waals surface area contributed by atoms with Crippen LogP contribution in [0.1, 0.15) is 11.1 Å². The third-order valence-electron chi connectivity index (χ3n) is 5.90. The molecule has 9 heteroatoms. The lowest BCUT2D eigenvalue weighted by molar-refractivity contribution is -0.127. The summed E-state index contributed by atoms with van der Waals surface area (Å²) in [6, 6.07) is 7.47. The first-order chi connectivity index (χ1) is 16.5. The highest BCUT2D eigenvalue weighted by Gasteiger charge is 2.23. The number of ether oxygens (including phenoxy) is 5. The molecule has 0 N–H and O–H groups in total. The Morgan fingerprint density at radius 3 is 2.44 bits per heavy atom. The summed E-state index contributed by atoms with van der Waals surface area (Å²) in [5, 5.41) is 0.475. The Morgan fingerprint density at radius 2 is 1.74 bits per heavy atom. The molecule has 0 radical (unpaired) electrons. The van der Waals surface area contributed by atoms with Gasteiger partial charge in [0.25, 0.3) is 0 Å². The molecule has 0 unspecified atom stereocenters. The maximum absolute atomic E-state index is 12.7. The Morgan fingerprint density at radius 1 is 1.00 bits per heavy atom. The van der Waals surface area contributed by atoms with Crippen LogP contribution in [-0.4, -0.2) is 76.4 Å². The molecule has 8 nitrogen and oxygen atoms in total. The van der Waals surface area contributed by atoms with Gasteiger partial charge in [0.1, 0.15) is 13.2 Å². The van der Waals surface area contributed by atoms with E-state index in [9.17, 15) is 4.79 Å². The van der Waals surface area contributed by atoms with Gasteiger partial charge in [-0.3, -0.25) is 9.69 Å². The summed E-state index contributed by atoms with van der Waals surface area (Å²) in [6.07, 6.45) is 3.34. The lowest BCUT2D eigenvalue weighted by atomic mass is 10.1. The summed E-state index contributed by atoms with van der Waals surface area (Å²) >= 11 is 6.29. The van der Waals surface area contributed by atoms with Gasteiger partial charge in [0.2, 0.25) is 11.7 Å². The molecule has 1 saturated heterocycles. The van der Waals surface area contributed by atoms with Gasteiger partial charge >= 0.3 is 0 Å². The number of benzene rings is 2. The van der Waals surface area contributed by atoms with Crippen LogP contribution in [0.5, 0.6) is 28.7 Å². The van der Waals surface area contributed by atoms with Gasteiger partial charge in [0.05, 0.1) is 26.4 Å². The highest BCUT2D eigenvalue weighted by molar-refractivity contribution is 6.32. The second kappa shape index (κ2) is 10.9. The van der Waals surface area contributed by atoms with Crippen molar-refractivity contribution in [2.45, 2.75) is 6.54 Å². The fourth-order valence-electron chi connectivity index (χ4n) is 4.15. The van der Waals surface area contributed by atoms with E-state index >= 15 is 0 Å². The van der Waals surface area contributed by atoms with Crippen LogP contribution in [0.2, 0.25) is 5.02 Å². The van der Waals surface area contributed by atoms with Crippen molar-refractivity contribution < 1.29 is 28.5 Å². The Hall–Kier alpha value is -3.10. The molecule has 2 aliphatic heterocycles. The van der Waals surface area contributed by atoms with E-state index in [2.05, 4.69) is 4.90 Å². The molecule has 1 amide bonds. The molecule has 1 fully saturated rings. The molecule has 0 aromatic heterocycles. The second-order valence-electron chi connectivity index (χ2n) is 7.96. The van der Waals surface area contributed by atoms with Gasteiger partial charge in [-0.25, -0.2) is 0 Å². The van der Waals surface area contributed by atoms with Crippen molar-refractivity contribution in [1.29, 1.82) is 0 Å². The van der Waals surface area contributed by atoms with Crippen molar-refractivity contribution in [2.24, 2.45) is 0 Å². The first-order valence-corrected chi connectivity index (χ1v) is 11.5. The molecule has 0 spiro atoms. The van der Waals surface area contributed by atoms with E-state index in [1.54, 1.807) is 39.5 Å². The molecule has 2 heterocycles. The molecule has 2 aliphatic rings. The largest absolute Gasteiger partial charge is 0.493 e. The van der Waals surface area contributed by atoms with E-state index in [1.165, 1.54) is 0 Å². The number of fused-ring (bicyclic) bond motifs is 1. The van der Waals surface area contributed by atoms with Crippen LogP contribution in [0.3, 0.4) is 0 Å². The fourth-order valence-corrected chi connectivity index (χ4v) is 4.43. The predicted molar refractivity (Wildman–Crippen MR) is 129 cm³/mol. The van der Waals surface area contributed by atoms with Gasteiger partial charge in [-0.05, 0) is 29.8 Å². The topological polar surface area (TPSA) is 69.7 Å². The van der Waals surface area contributed by atoms with Gasteiger partial charge in [0, 0.05) is 44.4 Å². The third kappa shape index (κ3) is 5.18. The van der Waals surface area contributed by atoms with E-state index in [0.717, 1.165) is 24.2 Å². The van der Waals surface area contributed by atoms with E-state index < -0.39 is 0 Å². The Labute approximate surface area is 204 Å². The monoisotopic (exact) mass is 488 g/mol. The normalized spacial score (nSPS) is 15.9. The van der Waals surface area contributed by atoms with Crippen molar-refractivity contribution in [1.82, 2.24) is 9.80 Å². The number of piperazine rings is 1. The van der Waals surface area contributed by atoms with Crippen LogP contribution in [0.15, 0.2) is 30.3 Å². The third-order valence-corrected chi connectivity index (χ3v) is 6.18. The zero-order valence-corrected chi connectivity index (χ0v) is 20.4. The van der Waals surface area contributed by atoms with E-state index in [1.807, 2.05) is 23.1 Å². The van der Waals surface area contributed by atoms with Crippen LogP contribution in [0.25, 0.3) is 6.08 Å². The van der Waals surface area contributed by atoms with Crippen molar-refractivity contribution in [3.8, 4) is 28.7 Å². The Kier molecular flexibility index (Phi) is 7.70. The number of hydrogen-bond donors (Lipinski definition) is 0. The molecular weight excluding hydrogens is 460 g/mol. The number of carbonyl (C=O) groups excluding carboxylic acids is 1. The van der Waals surface area contributed by atoms with Crippen molar-refractivity contribution in [3.05, 3.63) is 46.5 Å². The summed E-state index contributed by atoms with van der Waals surface area (Å²) in [6.45, 7) is 4.44. The summed E-state index contributed by atoms with van der Waals surface area (Å²) in [5.74, 6) is 3.00. The molecule has 2 aromatic carbocycles. The van der Waals surface area contributed by atoms with Crippen LogP contribution < -0.4 is 23.7 Å². The minimum Gasteiger partial charge on any atom is -0.493 e. The molecule has 0 atom stereocenters. The summed E-state index contributed by atoms with van der Waals surface area (Å²) < 4.78 is 27.6. The molecule has 4 rings (SSSR count). The zero-order chi connectivity index (χ0) is 24.1. The highest BCUT2D eigenvalue weighted by atomic mass is 35.5. The number of halogens is 1. The average Bonchev–Trinajstić information content (AvgIpc) is 2.87. The first-order valence-electron chi connectivity index (χ1n) is 11.1. The van der Waals surface area contributed by atoms with Crippen molar-refractivity contribution >= 4 is 23.6 Å². The number of hydrogen-bond acceptors (Lipinski definition) is 7. The number of carbonyl (C=O) groups is 1. The lowest BCUT2D eigenvalue weighted by Crippen LogP contribution is -2.47. The van der Waals surface area contributed by atoms with Crippen LogP contribution in [-0.2, 0) is 11.3 Å². The Bertz CT molecular complexity index is 1070.